The Labute approximate surface area is 97.4 Å². The molecule has 0 bridgehead atoms. The molecule has 0 saturated carbocycles. The second-order valence-corrected chi connectivity index (χ2v) is 3.35. The van der Waals surface area contributed by atoms with Gasteiger partial charge in [-0.1, -0.05) is 6.07 Å². The Bertz CT molecular complexity index is 633. The molecule has 1 heterocycles. The van der Waals surface area contributed by atoms with E-state index in [1.165, 1.54) is 18.3 Å². The molecule has 0 saturated heterocycles. The van der Waals surface area contributed by atoms with Gasteiger partial charge in [-0.3, -0.25) is 0 Å². The van der Waals surface area contributed by atoms with Crippen LogP contribution in [0, 0.1) is 28.5 Å². The highest BCUT2D eigenvalue weighted by Crippen LogP contribution is 2.21. The molecule has 4 heteroatoms. The topological polar surface area (TPSA) is 60.5 Å². The number of benzene rings is 1. The summed E-state index contributed by atoms with van der Waals surface area (Å²) in [5.41, 5.74) is 1.74. The molecule has 0 unspecified atom stereocenters. The molecule has 1 aromatic heterocycles. The third-order valence-electron chi connectivity index (χ3n) is 2.30. The average molecular weight is 223 g/mol. The van der Waals surface area contributed by atoms with E-state index in [0.717, 1.165) is 5.56 Å². The Hall–Kier alpha value is -2.72. The van der Waals surface area contributed by atoms with Gasteiger partial charge in [0.2, 0.25) is 0 Å². The molecule has 0 radical (unpaired) electrons. The quantitative estimate of drug-likeness (QED) is 0.746. The van der Waals surface area contributed by atoms with E-state index in [9.17, 15) is 4.39 Å². The van der Waals surface area contributed by atoms with E-state index in [4.69, 9.17) is 10.5 Å². The number of aromatic nitrogens is 1. The molecule has 0 amide bonds. The Morgan fingerprint density at radius 3 is 2.35 bits per heavy atom. The van der Waals surface area contributed by atoms with Crippen LogP contribution >= 0.6 is 0 Å². The van der Waals surface area contributed by atoms with Crippen molar-refractivity contribution in [2.75, 3.05) is 0 Å². The highest BCUT2D eigenvalue weighted by Gasteiger charge is 2.04. The number of rotatable bonds is 1. The number of pyridine rings is 1. The Morgan fingerprint density at radius 1 is 1.00 bits per heavy atom. The standard InChI is InChI=1S/C13H6FN3/c14-13-4-2-9(5-11(13)6-15)10-1-3-12(7-16)17-8-10/h1-5,8H. The fourth-order valence-corrected chi connectivity index (χ4v) is 1.42. The molecule has 2 aromatic rings. The maximum atomic E-state index is 13.1. The average Bonchev–Trinajstić information content (AvgIpc) is 2.39. The third-order valence-corrected chi connectivity index (χ3v) is 2.30. The van der Waals surface area contributed by atoms with Crippen LogP contribution in [-0.4, -0.2) is 4.98 Å². The molecular formula is C13H6FN3. The molecule has 17 heavy (non-hydrogen) atoms. The van der Waals surface area contributed by atoms with Crippen molar-refractivity contribution in [2.45, 2.75) is 0 Å². The van der Waals surface area contributed by atoms with Crippen molar-refractivity contribution in [3.05, 3.63) is 53.6 Å². The zero-order valence-electron chi connectivity index (χ0n) is 8.68. The summed E-state index contributed by atoms with van der Waals surface area (Å²) in [6.45, 7) is 0. The number of hydrogen-bond donors (Lipinski definition) is 0. The van der Waals surface area contributed by atoms with E-state index in [1.54, 1.807) is 24.3 Å². The van der Waals surface area contributed by atoms with Crippen LogP contribution in [0.4, 0.5) is 4.39 Å². The first-order chi connectivity index (χ1) is 8.24. The predicted molar refractivity (Wildman–Crippen MR) is 59.1 cm³/mol. The number of halogens is 1. The minimum atomic E-state index is -0.544. The molecule has 1 aromatic carbocycles. The minimum Gasteiger partial charge on any atom is -0.245 e. The van der Waals surface area contributed by atoms with E-state index < -0.39 is 5.82 Å². The molecule has 0 fully saturated rings. The molecule has 0 aliphatic rings. The maximum absolute atomic E-state index is 13.1. The molecule has 0 atom stereocenters. The van der Waals surface area contributed by atoms with Crippen LogP contribution in [0.25, 0.3) is 11.1 Å². The summed E-state index contributed by atoms with van der Waals surface area (Å²) in [6.07, 6.45) is 1.52. The summed E-state index contributed by atoms with van der Waals surface area (Å²) in [7, 11) is 0. The second-order valence-electron chi connectivity index (χ2n) is 3.35. The van der Waals surface area contributed by atoms with E-state index in [-0.39, 0.29) is 5.56 Å². The minimum absolute atomic E-state index is 0.00754. The van der Waals surface area contributed by atoms with Crippen molar-refractivity contribution in [1.82, 2.24) is 4.98 Å². The Balaban J connectivity index is 2.47. The zero-order valence-corrected chi connectivity index (χ0v) is 8.68. The summed E-state index contributed by atoms with van der Waals surface area (Å²) in [4.78, 5) is 3.91. The van der Waals surface area contributed by atoms with Gasteiger partial charge in [0.25, 0.3) is 0 Å². The molecule has 3 nitrogen and oxygen atoms in total. The lowest BCUT2D eigenvalue weighted by Crippen LogP contribution is -1.87. The normalized spacial score (nSPS) is 9.35. The summed E-state index contributed by atoms with van der Waals surface area (Å²) in [6, 6.07) is 11.2. The van der Waals surface area contributed by atoms with Crippen molar-refractivity contribution in [1.29, 1.82) is 10.5 Å². The fourth-order valence-electron chi connectivity index (χ4n) is 1.42. The van der Waals surface area contributed by atoms with Gasteiger partial charge in [-0.15, -0.1) is 0 Å². The first-order valence-corrected chi connectivity index (χ1v) is 4.81. The largest absolute Gasteiger partial charge is 0.245 e. The molecule has 0 spiro atoms. The van der Waals surface area contributed by atoms with Crippen LogP contribution in [0.3, 0.4) is 0 Å². The van der Waals surface area contributed by atoms with Crippen LogP contribution in [0.15, 0.2) is 36.5 Å². The van der Waals surface area contributed by atoms with Crippen molar-refractivity contribution >= 4 is 0 Å². The lowest BCUT2D eigenvalue weighted by molar-refractivity contribution is 0.624. The van der Waals surface area contributed by atoms with Gasteiger partial charge in [0.05, 0.1) is 5.56 Å². The molecular weight excluding hydrogens is 217 g/mol. The van der Waals surface area contributed by atoms with Crippen molar-refractivity contribution in [3.8, 4) is 23.3 Å². The van der Waals surface area contributed by atoms with Gasteiger partial charge in [0.1, 0.15) is 23.6 Å². The summed E-state index contributed by atoms with van der Waals surface area (Å²) >= 11 is 0. The van der Waals surface area contributed by atoms with Crippen LogP contribution < -0.4 is 0 Å². The van der Waals surface area contributed by atoms with E-state index >= 15 is 0 Å². The molecule has 0 aliphatic heterocycles. The summed E-state index contributed by atoms with van der Waals surface area (Å²) < 4.78 is 13.1. The van der Waals surface area contributed by atoms with Crippen molar-refractivity contribution in [3.63, 3.8) is 0 Å². The van der Waals surface area contributed by atoms with Crippen LogP contribution in [0.2, 0.25) is 0 Å². The van der Waals surface area contributed by atoms with E-state index in [2.05, 4.69) is 4.98 Å². The summed E-state index contributed by atoms with van der Waals surface area (Å²) in [5.74, 6) is -0.544. The molecule has 0 N–H and O–H groups in total. The fraction of sp³-hybridized carbons (Fsp3) is 0. The Kier molecular flexibility index (Phi) is 2.81. The second kappa shape index (κ2) is 4.42. The van der Waals surface area contributed by atoms with Gasteiger partial charge in [-0.25, -0.2) is 9.37 Å². The predicted octanol–water partition coefficient (Wildman–Crippen LogP) is 2.63. The molecule has 80 valence electrons. The highest BCUT2D eigenvalue weighted by molar-refractivity contribution is 5.64. The maximum Gasteiger partial charge on any atom is 0.140 e. The van der Waals surface area contributed by atoms with E-state index in [0.29, 0.717) is 11.3 Å². The van der Waals surface area contributed by atoms with Gasteiger partial charge < -0.3 is 0 Å². The van der Waals surface area contributed by atoms with Crippen molar-refractivity contribution < 1.29 is 4.39 Å². The Morgan fingerprint density at radius 2 is 1.76 bits per heavy atom. The lowest BCUT2D eigenvalue weighted by Gasteiger charge is -2.02. The van der Waals surface area contributed by atoms with Gasteiger partial charge in [0, 0.05) is 11.8 Å². The van der Waals surface area contributed by atoms with Gasteiger partial charge in [-0.2, -0.15) is 10.5 Å². The monoisotopic (exact) mass is 223 g/mol. The van der Waals surface area contributed by atoms with Crippen LogP contribution in [0.1, 0.15) is 11.3 Å². The van der Waals surface area contributed by atoms with Gasteiger partial charge >= 0.3 is 0 Å². The van der Waals surface area contributed by atoms with E-state index in [1.807, 2.05) is 6.07 Å². The number of nitriles is 2. The summed E-state index contributed by atoms with van der Waals surface area (Å²) in [5, 5.41) is 17.3. The van der Waals surface area contributed by atoms with Gasteiger partial charge in [-0.05, 0) is 29.8 Å². The highest BCUT2D eigenvalue weighted by atomic mass is 19.1. The zero-order chi connectivity index (χ0) is 12.3. The molecule has 0 aliphatic carbocycles. The lowest BCUT2D eigenvalue weighted by atomic mass is 10.0. The van der Waals surface area contributed by atoms with Gasteiger partial charge in [0.15, 0.2) is 0 Å². The van der Waals surface area contributed by atoms with Crippen LogP contribution in [0.5, 0.6) is 0 Å². The first kappa shape index (κ1) is 10.8. The third kappa shape index (κ3) is 2.11. The number of hydrogen-bond acceptors (Lipinski definition) is 3. The first-order valence-electron chi connectivity index (χ1n) is 4.81. The SMILES string of the molecule is N#Cc1ccc(-c2ccc(F)c(C#N)c2)cn1. The number of nitrogens with zero attached hydrogens (tertiary/aromatic N) is 3. The van der Waals surface area contributed by atoms with Crippen LogP contribution in [-0.2, 0) is 0 Å². The smallest absolute Gasteiger partial charge is 0.140 e. The molecule has 2 rings (SSSR count). The van der Waals surface area contributed by atoms with Crippen molar-refractivity contribution in [2.24, 2.45) is 0 Å².